The number of fused-ring (bicyclic) bond motifs is 1. The first kappa shape index (κ1) is 16.6. The van der Waals surface area contributed by atoms with Gasteiger partial charge in [-0.3, -0.25) is 4.79 Å². The van der Waals surface area contributed by atoms with E-state index in [0.717, 1.165) is 36.3 Å². The van der Waals surface area contributed by atoms with E-state index < -0.39 is 0 Å². The average Bonchev–Trinajstić information content (AvgIpc) is 3.44. The van der Waals surface area contributed by atoms with Crippen molar-refractivity contribution in [3.63, 3.8) is 0 Å². The molecule has 3 nitrogen and oxygen atoms in total. The van der Waals surface area contributed by atoms with Crippen LogP contribution in [-0.2, 0) is 19.4 Å². The van der Waals surface area contributed by atoms with Crippen molar-refractivity contribution < 1.29 is 9.53 Å². The first-order valence-electron chi connectivity index (χ1n) is 9.30. The Morgan fingerprint density at radius 2 is 1.92 bits per heavy atom. The van der Waals surface area contributed by atoms with Crippen LogP contribution >= 0.6 is 11.3 Å². The number of hydrogen-bond donors (Lipinski definition) is 0. The van der Waals surface area contributed by atoms with E-state index in [9.17, 15) is 4.79 Å². The van der Waals surface area contributed by atoms with E-state index in [1.807, 2.05) is 12.1 Å². The van der Waals surface area contributed by atoms with E-state index in [1.54, 1.807) is 18.4 Å². The molecule has 2 aliphatic carbocycles. The molecule has 4 rings (SSSR count). The van der Waals surface area contributed by atoms with Crippen LogP contribution in [0.3, 0.4) is 0 Å². The van der Waals surface area contributed by atoms with Gasteiger partial charge in [0.1, 0.15) is 5.75 Å². The van der Waals surface area contributed by atoms with Crippen molar-refractivity contribution in [2.45, 2.75) is 57.5 Å². The number of nitrogens with zero attached hydrogens (tertiary/aromatic N) is 1. The lowest BCUT2D eigenvalue weighted by Gasteiger charge is -2.22. The van der Waals surface area contributed by atoms with Crippen molar-refractivity contribution in [2.24, 2.45) is 0 Å². The van der Waals surface area contributed by atoms with E-state index in [-0.39, 0.29) is 5.91 Å². The lowest BCUT2D eigenvalue weighted by atomic mass is 10.1. The Bertz CT molecular complexity index is 722. The van der Waals surface area contributed by atoms with Crippen molar-refractivity contribution in [1.29, 1.82) is 0 Å². The highest BCUT2D eigenvalue weighted by Crippen LogP contribution is 2.34. The molecule has 0 atom stereocenters. The number of hydrogen-bond acceptors (Lipinski definition) is 3. The van der Waals surface area contributed by atoms with Crippen LogP contribution in [0.25, 0.3) is 0 Å². The van der Waals surface area contributed by atoms with E-state index in [4.69, 9.17) is 4.74 Å². The molecule has 132 valence electrons. The fourth-order valence-corrected chi connectivity index (χ4v) is 4.80. The Balaban J connectivity index is 1.53. The Morgan fingerprint density at radius 3 is 2.64 bits per heavy atom. The van der Waals surface area contributed by atoms with Gasteiger partial charge in [0, 0.05) is 17.5 Å². The average molecular weight is 356 g/mol. The van der Waals surface area contributed by atoms with Crippen molar-refractivity contribution >= 4 is 17.2 Å². The van der Waals surface area contributed by atoms with E-state index >= 15 is 0 Å². The molecular weight excluding hydrogens is 330 g/mol. The summed E-state index contributed by atoms with van der Waals surface area (Å²) in [6, 6.07) is 10.7. The van der Waals surface area contributed by atoms with E-state index in [0.29, 0.717) is 12.6 Å². The number of rotatable bonds is 5. The summed E-state index contributed by atoms with van der Waals surface area (Å²) in [6.07, 6.45) is 8.39. The Labute approximate surface area is 153 Å². The van der Waals surface area contributed by atoms with E-state index in [1.165, 1.54) is 35.3 Å². The molecule has 0 radical (unpaired) electrons. The lowest BCUT2D eigenvalue weighted by molar-refractivity contribution is 0.0735. The summed E-state index contributed by atoms with van der Waals surface area (Å²) in [5.41, 5.74) is 2.59. The molecule has 25 heavy (non-hydrogen) atoms. The molecule has 1 saturated carbocycles. The van der Waals surface area contributed by atoms with Gasteiger partial charge in [0.15, 0.2) is 0 Å². The van der Waals surface area contributed by atoms with Gasteiger partial charge in [-0.15, -0.1) is 11.3 Å². The highest BCUT2D eigenvalue weighted by Gasteiger charge is 2.34. The first-order valence-corrected chi connectivity index (χ1v) is 10.1. The third-order valence-electron chi connectivity index (χ3n) is 5.22. The van der Waals surface area contributed by atoms with Crippen molar-refractivity contribution in [3.8, 4) is 5.75 Å². The van der Waals surface area contributed by atoms with Crippen LogP contribution in [0.15, 0.2) is 30.3 Å². The molecule has 0 bridgehead atoms. The quantitative estimate of drug-likeness (QED) is 0.719. The molecule has 1 aromatic carbocycles. The van der Waals surface area contributed by atoms with Crippen molar-refractivity contribution in [2.75, 3.05) is 7.11 Å². The maximum absolute atomic E-state index is 13.2. The van der Waals surface area contributed by atoms with Gasteiger partial charge in [-0.25, -0.2) is 0 Å². The molecule has 1 heterocycles. The molecule has 0 spiro atoms. The molecule has 0 aliphatic heterocycles. The van der Waals surface area contributed by atoms with E-state index in [2.05, 4.69) is 23.1 Å². The predicted octanol–water partition coefficient (Wildman–Crippen LogP) is 4.83. The molecule has 0 unspecified atom stereocenters. The zero-order valence-corrected chi connectivity index (χ0v) is 15.6. The Hall–Kier alpha value is -1.81. The number of aryl methyl sites for hydroxylation is 2. The number of benzene rings is 1. The van der Waals surface area contributed by atoms with Crippen molar-refractivity contribution in [3.05, 3.63) is 51.2 Å². The third kappa shape index (κ3) is 3.74. The maximum atomic E-state index is 13.2. The van der Waals surface area contributed by atoms with Gasteiger partial charge in [0.05, 0.1) is 12.0 Å². The second-order valence-corrected chi connectivity index (χ2v) is 8.27. The summed E-state index contributed by atoms with van der Waals surface area (Å²) in [7, 11) is 1.68. The fraction of sp³-hybridized carbons (Fsp3) is 0.476. The molecule has 1 fully saturated rings. The zero-order chi connectivity index (χ0) is 17.2. The van der Waals surface area contributed by atoms with Gasteiger partial charge in [-0.2, -0.15) is 0 Å². The highest BCUT2D eigenvalue weighted by molar-refractivity contribution is 7.14. The van der Waals surface area contributed by atoms with Gasteiger partial charge in [-0.1, -0.05) is 18.6 Å². The molecule has 0 N–H and O–H groups in total. The van der Waals surface area contributed by atoms with Crippen LogP contribution in [0.5, 0.6) is 5.75 Å². The van der Waals surface area contributed by atoms with Gasteiger partial charge in [0.2, 0.25) is 0 Å². The van der Waals surface area contributed by atoms with Crippen molar-refractivity contribution in [1.82, 2.24) is 4.90 Å². The van der Waals surface area contributed by atoms with Gasteiger partial charge >= 0.3 is 0 Å². The molecule has 4 heteroatoms. The predicted molar refractivity (Wildman–Crippen MR) is 101 cm³/mol. The summed E-state index contributed by atoms with van der Waals surface area (Å²) in [5, 5.41) is 0. The lowest BCUT2D eigenvalue weighted by Crippen LogP contribution is -2.32. The zero-order valence-electron chi connectivity index (χ0n) is 14.8. The topological polar surface area (TPSA) is 29.5 Å². The maximum Gasteiger partial charge on any atom is 0.264 e. The molecule has 1 amide bonds. The monoisotopic (exact) mass is 355 g/mol. The normalized spacial score (nSPS) is 16.8. The molecule has 2 aliphatic rings. The number of ether oxygens (including phenoxy) is 1. The number of carbonyl (C=O) groups excluding carboxylic acids is 1. The Kier molecular flexibility index (Phi) is 4.80. The second kappa shape index (κ2) is 7.20. The molecule has 0 saturated heterocycles. The van der Waals surface area contributed by atoms with Crippen LogP contribution in [0.2, 0.25) is 0 Å². The number of amides is 1. The first-order chi connectivity index (χ1) is 12.2. The number of carbonyl (C=O) groups is 1. The molecule has 2 aromatic rings. The van der Waals surface area contributed by atoms with Gasteiger partial charge in [0.25, 0.3) is 5.91 Å². The number of methoxy groups -OCH3 is 1. The summed E-state index contributed by atoms with van der Waals surface area (Å²) < 4.78 is 5.23. The second-order valence-electron chi connectivity index (χ2n) is 7.13. The minimum absolute atomic E-state index is 0.219. The third-order valence-corrected chi connectivity index (χ3v) is 6.44. The molecule has 1 aromatic heterocycles. The minimum Gasteiger partial charge on any atom is -0.497 e. The number of thiophene rings is 1. The SMILES string of the molecule is COc1ccc(CN(C(=O)c2cc3c(s2)CCCCC3)C2CC2)cc1. The van der Waals surface area contributed by atoms with Crippen LogP contribution in [0.1, 0.15) is 57.8 Å². The summed E-state index contributed by atoms with van der Waals surface area (Å²) in [5.74, 6) is 1.08. The molecular formula is C21H25NO2S. The van der Waals surface area contributed by atoms with Crippen LogP contribution < -0.4 is 4.74 Å². The van der Waals surface area contributed by atoms with Gasteiger partial charge < -0.3 is 9.64 Å². The van der Waals surface area contributed by atoms with Gasteiger partial charge in [-0.05, 0) is 67.9 Å². The van der Waals surface area contributed by atoms with Crippen LogP contribution in [-0.4, -0.2) is 24.0 Å². The highest BCUT2D eigenvalue weighted by atomic mass is 32.1. The summed E-state index contributed by atoms with van der Waals surface area (Å²) in [4.78, 5) is 17.6. The summed E-state index contributed by atoms with van der Waals surface area (Å²) in [6.45, 7) is 0.691. The smallest absolute Gasteiger partial charge is 0.264 e. The van der Waals surface area contributed by atoms with Crippen LogP contribution in [0, 0.1) is 0 Å². The fourth-order valence-electron chi connectivity index (χ4n) is 3.59. The Morgan fingerprint density at radius 1 is 1.16 bits per heavy atom. The standard InChI is InChI=1S/C21H25NO2S/c1-24-18-11-7-15(8-12-18)14-22(17-9-10-17)21(23)20-13-16-5-3-2-4-6-19(16)25-20/h7-8,11-13,17H,2-6,9-10,14H2,1H3. The minimum atomic E-state index is 0.219. The largest absolute Gasteiger partial charge is 0.497 e. The summed E-state index contributed by atoms with van der Waals surface area (Å²) >= 11 is 1.74. The van der Waals surface area contributed by atoms with Crippen LogP contribution in [0.4, 0.5) is 0 Å².